The summed E-state index contributed by atoms with van der Waals surface area (Å²) >= 11 is 0.688. The van der Waals surface area contributed by atoms with Crippen LogP contribution in [0.1, 0.15) is 0 Å². The zero-order chi connectivity index (χ0) is 6.24. The summed E-state index contributed by atoms with van der Waals surface area (Å²) in [6.45, 7) is 0. The van der Waals surface area contributed by atoms with Crippen LogP contribution in [0.15, 0.2) is 30.6 Å². The minimum absolute atomic E-state index is 0.688. The van der Waals surface area contributed by atoms with E-state index < -0.39 is 0 Å². The zero-order valence-corrected chi connectivity index (χ0v) is 6.78. The molecule has 0 amide bonds. The minimum Gasteiger partial charge on any atom is -0.265 e. The topological polar surface area (TPSA) is 33.1 Å². The van der Waals surface area contributed by atoms with Gasteiger partial charge in [-0.25, -0.2) is 0 Å². The normalized spacial score (nSPS) is 6.75. The minimum atomic E-state index is 0.688. The van der Waals surface area contributed by atoms with E-state index in [1.165, 1.54) is 0 Å². The molecule has 0 bridgehead atoms. The van der Waals surface area contributed by atoms with E-state index >= 15 is 0 Å². The third-order valence-corrected chi connectivity index (χ3v) is 0.566. The summed E-state index contributed by atoms with van der Waals surface area (Å²) in [5.41, 5.74) is 0. The average molecular weight is 173 g/mol. The number of nitrogens with zero attached hydrogens (tertiary/aromatic N) is 1. The van der Waals surface area contributed by atoms with E-state index in [-0.39, 0.29) is 0 Å². The monoisotopic (exact) mass is 173 g/mol. The molecule has 0 fully saturated rings. The second-order valence-corrected chi connectivity index (χ2v) is 1.02. The molecule has 0 spiro atoms. The molecule has 0 aromatic carbocycles. The number of pyridine rings is 1. The van der Waals surface area contributed by atoms with Crippen molar-refractivity contribution in [2.24, 2.45) is 0 Å². The molecule has 44 valence electrons. The third kappa shape index (κ3) is 3.84. The van der Waals surface area contributed by atoms with Gasteiger partial charge in [0, 0.05) is 12.4 Å². The van der Waals surface area contributed by atoms with Gasteiger partial charge in [-0.15, -0.1) is 0 Å². The molecule has 0 radical (unpaired) electrons. The van der Waals surface area contributed by atoms with Crippen LogP contribution in [-0.2, 0) is 0 Å². The van der Waals surface area contributed by atoms with E-state index in [1.807, 2.05) is 18.2 Å². The Kier molecular flexibility index (Phi) is 6.39. The Hall–Kier alpha value is -0.332. The molecule has 0 saturated heterocycles. The van der Waals surface area contributed by atoms with Crippen molar-refractivity contribution in [3.8, 4) is 0 Å². The standard InChI is InChI=1S/C5H5N.AsH3O/c1-2-4-6-5-3-1;1-2/h1-5H;2H,1H2. The van der Waals surface area contributed by atoms with Crippen LogP contribution in [0.3, 0.4) is 0 Å². The van der Waals surface area contributed by atoms with Crippen LogP contribution in [0, 0.1) is 0 Å². The van der Waals surface area contributed by atoms with Crippen molar-refractivity contribution in [1.82, 2.24) is 4.98 Å². The molecule has 8 heavy (non-hydrogen) atoms. The molecule has 1 rings (SSSR count). The number of hydrogen-bond donors (Lipinski definition) is 1. The average Bonchev–Trinajstić information content (AvgIpc) is 1.96. The van der Waals surface area contributed by atoms with E-state index in [0.29, 0.717) is 17.2 Å². The maximum Gasteiger partial charge on any atom is 0.0267 e. The summed E-state index contributed by atoms with van der Waals surface area (Å²) in [6, 6.07) is 5.72. The summed E-state index contributed by atoms with van der Waals surface area (Å²) < 4.78 is 7.06. The van der Waals surface area contributed by atoms with Crippen LogP contribution in [-0.4, -0.2) is 26.3 Å². The predicted molar refractivity (Wildman–Crippen MR) is 35.0 cm³/mol. The van der Waals surface area contributed by atoms with Crippen molar-refractivity contribution in [1.29, 1.82) is 0 Å². The first kappa shape index (κ1) is 7.67. The van der Waals surface area contributed by atoms with Crippen molar-refractivity contribution < 1.29 is 4.10 Å². The molecule has 1 heterocycles. The quantitative estimate of drug-likeness (QED) is 0.542. The van der Waals surface area contributed by atoms with E-state index in [4.69, 9.17) is 4.10 Å². The molecule has 0 aliphatic rings. The molecule has 0 aliphatic carbocycles. The van der Waals surface area contributed by atoms with E-state index in [2.05, 4.69) is 4.98 Å². The predicted octanol–water partition coefficient (Wildman–Crippen LogP) is -0.392. The van der Waals surface area contributed by atoms with Crippen molar-refractivity contribution >= 4 is 17.2 Å². The van der Waals surface area contributed by atoms with Crippen molar-refractivity contribution in [2.45, 2.75) is 0 Å². The summed E-state index contributed by atoms with van der Waals surface area (Å²) in [7, 11) is 0. The van der Waals surface area contributed by atoms with Gasteiger partial charge >= 0.3 is 21.3 Å². The second-order valence-electron chi connectivity index (χ2n) is 1.02. The van der Waals surface area contributed by atoms with Gasteiger partial charge in [0.1, 0.15) is 0 Å². The molecule has 2 nitrogen and oxygen atoms in total. The summed E-state index contributed by atoms with van der Waals surface area (Å²) in [4.78, 5) is 3.78. The van der Waals surface area contributed by atoms with Crippen LogP contribution in [0.4, 0.5) is 0 Å². The van der Waals surface area contributed by atoms with E-state index in [0.717, 1.165) is 0 Å². The molecule has 1 N–H and O–H groups in total. The van der Waals surface area contributed by atoms with Crippen LogP contribution in [0.5, 0.6) is 0 Å². The van der Waals surface area contributed by atoms with Gasteiger partial charge in [0.25, 0.3) is 0 Å². The van der Waals surface area contributed by atoms with Crippen molar-refractivity contribution in [3.63, 3.8) is 0 Å². The number of aromatic nitrogens is 1. The largest absolute Gasteiger partial charge is 0.265 e. The van der Waals surface area contributed by atoms with Gasteiger partial charge < -0.3 is 0 Å². The Morgan fingerprint density at radius 1 is 1.00 bits per heavy atom. The van der Waals surface area contributed by atoms with Gasteiger partial charge in [-0.2, -0.15) is 0 Å². The smallest absolute Gasteiger partial charge is 0.0267 e. The Balaban J connectivity index is 0.000000222. The maximum atomic E-state index is 7.06. The second kappa shape index (κ2) is 6.67. The molecule has 1 unspecified atom stereocenters. The Bertz CT molecular complexity index is 84.4. The van der Waals surface area contributed by atoms with Crippen LogP contribution >= 0.6 is 0 Å². The zero-order valence-electron chi connectivity index (χ0n) is 4.36. The van der Waals surface area contributed by atoms with E-state index in [9.17, 15) is 0 Å². The van der Waals surface area contributed by atoms with Gasteiger partial charge in [0.05, 0.1) is 0 Å². The van der Waals surface area contributed by atoms with Gasteiger partial charge in [-0.05, 0) is 12.1 Å². The molecule has 0 aliphatic heterocycles. The fourth-order valence-electron chi connectivity index (χ4n) is 0.313. The molecule has 1 aromatic rings. The third-order valence-electron chi connectivity index (χ3n) is 0.566. The summed E-state index contributed by atoms with van der Waals surface area (Å²) in [5.74, 6) is 0. The number of rotatable bonds is 0. The molecular weight excluding hydrogens is 165 g/mol. The molecule has 1 atom stereocenters. The van der Waals surface area contributed by atoms with Crippen LogP contribution in [0.25, 0.3) is 0 Å². The van der Waals surface area contributed by atoms with Crippen molar-refractivity contribution in [3.05, 3.63) is 30.6 Å². The fraction of sp³-hybridized carbons (Fsp3) is 0. The Morgan fingerprint density at radius 2 is 1.50 bits per heavy atom. The first-order valence-corrected chi connectivity index (χ1v) is 3.19. The fourth-order valence-corrected chi connectivity index (χ4v) is 0.313. The molecular formula is C5H8AsNO. The van der Waals surface area contributed by atoms with Crippen molar-refractivity contribution in [2.75, 3.05) is 0 Å². The summed E-state index contributed by atoms with van der Waals surface area (Å²) in [5, 5.41) is 0. The van der Waals surface area contributed by atoms with Gasteiger partial charge in [-0.1, -0.05) is 6.07 Å². The molecule has 3 heteroatoms. The first-order valence-electron chi connectivity index (χ1n) is 2.11. The Labute approximate surface area is 57.4 Å². The van der Waals surface area contributed by atoms with Gasteiger partial charge in [0.2, 0.25) is 0 Å². The van der Waals surface area contributed by atoms with E-state index in [1.54, 1.807) is 12.4 Å². The Morgan fingerprint density at radius 3 is 1.62 bits per heavy atom. The van der Waals surface area contributed by atoms with Crippen LogP contribution < -0.4 is 0 Å². The van der Waals surface area contributed by atoms with Gasteiger partial charge in [-0.3, -0.25) is 4.98 Å². The maximum absolute atomic E-state index is 7.06. The molecule has 0 saturated carbocycles. The van der Waals surface area contributed by atoms with Crippen LogP contribution in [0.2, 0.25) is 0 Å². The number of hydrogen-bond acceptors (Lipinski definition) is 2. The SMILES string of the molecule is O[AsH2].c1ccncc1. The molecule has 1 aromatic heterocycles. The van der Waals surface area contributed by atoms with Gasteiger partial charge in [0.15, 0.2) is 0 Å². The first-order chi connectivity index (χ1) is 4.00. The summed E-state index contributed by atoms with van der Waals surface area (Å²) in [6.07, 6.45) is 3.50.